The highest BCUT2D eigenvalue weighted by molar-refractivity contribution is 5.90. The zero-order valence-electron chi connectivity index (χ0n) is 9.06. The van der Waals surface area contributed by atoms with Crippen molar-refractivity contribution < 1.29 is 24.2 Å². The smallest absolute Gasteiger partial charge is 0.328 e. The Balaban J connectivity index is 2.57. The van der Waals surface area contributed by atoms with Crippen molar-refractivity contribution >= 4 is 11.9 Å². The van der Waals surface area contributed by atoms with Crippen LogP contribution in [0.4, 0.5) is 0 Å². The van der Waals surface area contributed by atoms with E-state index in [0.717, 1.165) is 0 Å². The van der Waals surface area contributed by atoms with Crippen molar-refractivity contribution in [2.75, 3.05) is 26.9 Å². The van der Waals surface area contributed by atoms with Crippen LogP contribution in [0.3, 0.4) is 0 Å². The maximum atomic E-state index is 11.7. The zero-order chi connectivity index (χ0) is 12.2. The van der Waals surface area contributed by atoms with Gasteiger partial charge >= 0.3 is 5.97 Å². The first-order valence-corrected chi connectivity index (χ1v) is 4.89. The topological polar surface area (TPSA) is 111 Å². The first-order valence-electron chi connectivity index (χ1n) is 4.89. The molecule has 0 aromatic rings. The molecule has 1 amide bonds. The summed E-state index contributed by atoms with van der Waals surface area (Å²) in [6, 6.07) is -1.08. The lowest BCUT2D eigenvalue weighted by molar-refractivity contribution is -0.144. The molecule has 2 atom stereocenters. The van der Waals surface area contributed by atoms with Crippen molar-refractivity contribution in [2.45, 2.75) is 18.0 Å². The molecular weight excluding hydrogens is 216 g/mol. The van der Waals surface area contributed by atoms with Gasteiger partial charge < -0.3 is 25.6 Å². The van der Waals surface area contributed by atoms with Gasteiger partial charge in [0.15, 0.2) is 6.04 Å². The number of nitrogens with two attached hydrogens (primary N) is 1. The molecule has 1 saturated heterocycles. The molecule has 4 N–H and O–H groups in total. The summed E-state index contributed by atoms with van der Waals surface area (Å²) in [6.45, 7) is 0.419. The number of aliphatic carboxylic acids is 1. The average Bonchev–Trinajstić information content (AvgIpc) is 2.65. The molecule has 1 heterocycles. The van der Waals surface area contributed by atoms with Crippen LogP contribution < -0.4 is 11.1 Å². The van der Waals surface area contributed by atoms with Gasteiger partial charge in [-0.25, -0.2) is 4.79 Å². The first-order chi connectivity index (χ1) is 7.49. The number of amides is 1. The van der Waals surface area contributed by atoms with Crippen molar-refractivity contribution in [1.29, 1.82) is 0 Å². The van der Waals surface area contributed by atoms with Crippen LogP contribution in [0.25, 0.3) is 0 Å². The molecule has 16 heavy (non-hydrogen) atoms. The highest BCUT2D eigenvalue weighted by Crippen LogP contribution is 2.15. The number of ether oxygens (including phenoxy) is 2. The minimum Gasteiger partial charge on any atom is -0.480 e. The van der Waals surface area contributed by atoms with Crippen LogP contribution in [0.15, 0.2) is 0 Å². The van der Waals surface area contributed by atoms with Crippen LogP contribution in [-0.4, -0.2) is 55.5 Å². The van der Waals surface area contributed by atoms with Crippen LogP contribution in [0, 0.1) is 0 Å². The predicted molar refractivity (Wildman–Crippen MR) is 53.8 cm³/mol. The number of carboxylic acid groups (broad SMARTS) is 1. The molecule has 0 aromatic heterocycles. The first kappa shape index (κ1) is 12.9. The number of hydrogen-bond donors (Lipinski definition) is 3. The number of rotatable bonds is 5. The van der Waals surface area contributed by atoms with E-state index in [1.807, 2.05) is 0 Å². The number of carboxylic acids is 1. The Morgan fingerprint density at radius 3 is 2.81 bits per heavy atom. The maximum Gasteiger partial charge on any atom is 0.328 e. The van der Waals surface area contributed by atoms with Crippen LogP contribution in [0.1, 0.15) is 6.42 Å². The Morgan fingerprint density at radius 2 is 2.38 bits per heavy atom. The molecule has 0 saturated carbocycles. The third-order valence-corrected chi connectivity index (χ3v) is 2.44. The van der Waals surface area contributed by atoms with Gasteiger partial charge in [-0.1, -0.05) is 0 Å². The molecular formula is C9H16N2O5. The standard InChI is InChI=1S/C9H16N2O5/c1-15-4-6(7(12)13)11-8(14)9(10)2-3-16-5-9/h6H,2-5,10H2,1H3,(H,11,14)(H,12,13). The summed E-state index contributed by atoms with van der Waals surface area (Å²) in [6.07, 6.45) is 0.387. The molecule has 92 valence electrons. The second-order valence-corrected chi connectivity index (χ2v) is 3.78. The normalized spacial score (nSPS) is 26.4. The van der Waals surface area contributed by atoms with E-state index < -0.39 is 23.5 Å². The maximum absolute atomic E-state index is 11.7. The van der Waals surface area contributed by atoms with Gasteiger partial charge in [0.1, 0.15) is 5.54 Å². The minimum absolute atomic E-state index is 0.0992. The number of nitrogens with one attached hydrogen (secondary N) is 1. The van der Waals surface area contributed by atoms with Crippen LogP contribution in [0.2, 0.25) is 0 Å². The van der Waals surface area contributed by atoms with Gasteiger partial charge in [0.25, 0.3) is 0 Å². The summed E-state index contributed by atoms with van der Waals surface area (Å²) in [5.41, 5.74) is 4.65. The SMILES string of the molecule is COCC(NC(=O)C1(N)CCOC1)C(=O)O. The lowest BCUT2D eigenvalue weighted by Gasteiger charge is -2.23. The van der Waals surface area contributed by atoms with Crippen LogP contribution in [-0.2, 0) is 19.1 Å². The Labute approximate surface area is 92.9 Å². The van der Waals surface area contributed by atoms with Crippen molar-refractivity contribution in [3.8, 4) is 0 Å². The molecule has 0 bridgehead atoms. The summed E-state index contributed by atoms with van der Waals surface area (Å²) in [4.78, 5) is 22.5. The summed E-state index contributed by atoms with van der Waals surface area (Å²) < 4.78 is 9.71. The van der Waals surface area contributed by atoms with Gasteiger partial charge in [0.2, 0.25) is 5.91 Å². The number of hydrogen-bond acceptors (Lipinski definition) is 5. The van der Waals surface area contributed by atoms with E-state index in [4.69, 9.17) is 20.3 Å². The van der Waals surface area contributed by atoms with E-state index in [1.165, 1.54) is 7.11 Å². The minimum atomic E-state index is -1.15. The fourth-order valence-corrected chi connectivity index (χ4v) is 1.40. The molecule has 1 rings (SSSR count). The van der Waals surface area contributed by atoms with E-state index in [0.29, 0.717) is 13.0 Å². The van der Waals surface area contributed by atoms with E-state index in [-0.39, 0.29) is 13.2 Å². The molecule has 0 radical (unpaired) electrons. The van der Waals surface area contributed by atoms with Crippen molar-refractivity contribution in [2.24, 2.45) is 5.73 Å². The molecule has 1 aliphatic heterocycles. The monoisotopic (exact) mass is 232 g/mol. The lowest BCUT2D eigenvalue weighted by atomic mass is 9.99. The van der Waals surface area contributed by atoms with Crippen LogP contribution >= 0.6 is 0 Å². The number of methoxy groups -OCH3 is 1. The summed E-state index contributed by atoms with van der Waals surface area (Å²) >= 11 is 0. The summed E-state index contributed by atoms with van der Waals surface area (Å²) in [5, 5.41) is 11.1. The number of carbonyl (C=O) groups excluding carboxylic acids is 1. The largest absolute Gasteiger partial charge is 0.480 e. The van der Waals surface area contributed by atoms with Crippen LogP contribution in [0.5, 0.6) is 0 Å². The van der Waals surface area contributed by atoms with E-state index in [2.05, 4.69) is 5.32 Å². The molecule has 0 spiro atoms. The Morgan fingerprint density at radius 1 is 1.69 bits per heavy atom. The third-order valence-electron chi connectivity index (χ3n) is 2.44. The molecule has 0 aliphatic carbocycles. The second kappa shape index (κ2) is 5.24. The Kier molecular flexibility index (Phi) is 4.22. The zero-order valence-corrected chi connectivity index (χ0v) is 9.06. The molecule has 7 nitrogen and oxygen atoms in total. The van der Waals surface area contributed by atoms with Gasteiger partial charge in [0.05, 0.1) is 13.2 Å². The van der Waals surface area contributed by atoms with Gasteiger partial charge in [-0.2, -0.15) is 0 Å². The van der Waals surface area contributed by atoms with Gasteiger partial charge in [-0.15, -0.1) is 0 Å². The molecule has 2 unspecified atom stereocenters. The Hall–Kier alpha value is -1.18. The molecule has 1 aliphatic rings. The van der Waals surface area contributed by atoms with Gasteiger partial charge in [-0.3, -0.25) is 4.79 Å². The highest BCUT2D eigenvalue weighted by Gasteiger charge is 2.39. The summed E-state index contributed by atoms with van der Waals surface area (Å²) in [7, 11) is 1.36. The highest BCUT2D eigenvalue weighted by atomic mass is 16.5. The van der Waals surface area contributed by atoms with Gasteiger partial charge in [-0.05, 0) is 6.42 Å². The lowest BCUT2D eigenvalue weighted by Crippen LogP contribution is -2.58. The summed E-state index contributed by atoms with van der Waals surface area (Å²) in [5.74, 6) is -1.67. The van der Waals surface area contributed by atoms with Gasteiger partial charge in [0, 0.05) is 13.7 Å². The average molecular weight is 232 g/mol. The van der Waals surface area contributed by atoms with E-state index >= 15 is 0 Å². The van der Waals surface area contributed by atoms with E-state index in [1.54, 1.807) is 0 Å². The quantitative estimate of drug-likeness (QED) is 0.522. The molecule has 0 aromatic carbocycles. The Bertz CT molecular complexity index is 275. The molecule has 7 heteroatoms. The molecule has 1 fully saturated rings. The van der Waals surface area contributed by atoms with Crippen molar-refractivity contribution in [1.82, 2.24) is 5.32 Å². The fourth-order valence-electron chi connectivity index (χ4n) is 1.40. The number of carbonyl (C=O) groups is 2. The second-order valence-electron chi connectivity index (χ2n) is 3.78. The van der Waals surface area contributed by atoms with Crippen molar-refractivity contribution in [3.63, 3.8) is 0 Å². The van der Waals surface area contributed by atoms with E-state index in [9.17, 15) is 9.59 Å². The fraction of sp³-hybridized carbons (Fsp3) is 0.778. The van der Waals surface area contributed by atoms with Crippen molar-refractivity contribution in [3.05, 3.63) is 0 Å². The third kappa shape index (κ3) is 2.91. The predicted octanol–water partition coefficient (Wildman–Crippen LogP) is -1.68.